The van der Waals surface area contributed by atoms with E-state index in [-0.39, 0.29) is 11.6 Å². The molecule has 0 spiro atoms. The molecular weight excluding hydrogens is 511 g/mol. The molecule has 0 fully saturated rings. The average Bonchev–Trinajstić information content (AvgIpc) is 2.97. The Labute approximate surface area is 232 Å². The van der Waals surface area contributed by atoms with Crippen LogP contribution in [0.3, 0.4) is 0 Å². The molecule has 4 aromatic rings. The molecule has 0 aromatic heterocycles. The van der Waals surface area contributed by atoms with E-state index in [2.05, 4.69) is 10.6 Å². The van der Waals surface area contributed by atoms with Gasteiger partial charge in [-0.1, -0.05) is 48.5 Å². The number of carboxylic acid groups (broad SMARTS) is 1. The Bertz CT molecular complexity index is 1400. The van der Waals surface area contributed by atoms with Gasteiger partial charge in [-0.25, -0.2) is 14.0 Å². The van der Waals surface area contributed by atoms with Crippen LogP contribution in [0.25, 0.3) is 0 Å². The summed E-state index contributed by atoms with van der Waals surface area (Å²) in [4.78, 5) is 24.5. The lowest BCUT2D eigenvalue weighted by Crippen LogP contribution is -2.30. The van der Waals surface area contributed by atoms with Crippen molar-refractivity contribution in [3.63, 3.8) is 0 Å². The van der Waals surface area contributed by atoms with E-state index in [1.807, 2.05) is 30.3 Å². The third kappa shape index (κ3) is 8.59. The third-order valence-electron chi connectivity index (χ3n) is 6.12. The first-order valence-electron chi connectivity index (χ1n) is 13.0. The van der Waals surface area contributed by atoms with E-state index in [1.165, 1.54) is 12.1 Å². The van der Waals surface area contributed by atoms with Gasteiger partial charge in [-0.3, -0.25) is 0 Å². The van der Waals surface area contributed by atoms with Crippen molar-refractivity contribution < 1.29 is 28.6 Å². The fourth-order valence-corrected chi connectivity index (χ4v) is 4.01. The number of esters is 1. The van der Waals surface area contributed by atoms with Crippen LogP contribution in [-0.4, -0.2) is 36.2 Å². The summed E-state index contributed by atoms with van der Waals surface area (Å²) in [6.45, 7) is 1.15. The Kier molecular flexibility index (Phi) is 10.1. The van der Waals surface area contributed by atoms with Crippen molar-refractivity contribution in [1.29, 1.82) is 0 Å². The number of carbonyl (C=O) groups excluding carboxylic acids is 1. The van der Waals surface area contributed by atoms with Gasteiger partial charge in [-0.2, -0.15) is 0 Å². The van der Waals surface area contributed by atoms with Gasteiger partial charge in [0.1, 0.15) is 17.6 Å². The standard InChI is InChI=1S/C32H31FN2O5/c33-25-10-6-11-26(22-25)34-20-7-21-39-27-17-14-23(15-18-27)16-19-29(31(36)37)35-28-12-4-5-13-30(28)40-32(38)24-8-2-1-3-9-24/h1-6,8-15,17-18,22,29,34-35H,7,16,19-21H2,(H,36,37). The number of carbonyl (C=O) groups is 2. The maximum atomic E-state index is 13.2. The molecule has 4 rings (SSSR count). The van der Waals surface area contributed by atoms with Crippen molar-refractivity contribution in [2.45, 2.75) is 25.3 Å². The zero-order chi connectivity index (χ0) is 28.2. The van der Waals surface area contributed by atoms with Crippen molar-refractivity contribution in [1.82, 2.24) is 0 Å². The highest BCUT2D eigenvalue weighted by Crippen LogP contribution is 2.26. The molecule has 0 saturated heterocycles. The number of aryl methyl sites for hydroxylation is 1. The number of benzene rings is 4. The van der Waals surface area contributed by atoms with Crippen molar-refractivity contribution in [2.24, 2.45) is 0 Å². The normalized spacial score (nSPS) is 11.3. The highest BCUT2D eigenvalue weighted by Gasteiger charge is 2.20. The fourth-order valence-electron chi connectivity index (χ4n) is 4.01. The lowest BCUT2D eigenvalue weighted by atomic mass is 10.0. The van der Waals surface area contributed by atoms with Gasteiger partial charge >= 0.3 is 11.9 Å². The first-order chi connectivity index (χ1) is 19.5. The third-order valence-corrected chi connectivity index (χ3v) is 6.12. The number of ether oxygens (including phenoxy) is 2. The number of rotatable bonds is 14. The summed E-state index contributed by atoms with van der Waals surface area (Å²) in [5, 5.41) is 16.0. The summed E-state index contributed by atoms with van der Waals surface area (Å²) in [6, 6.07) is 28.4. The van der Waals surface area contributed by atoms with Gasteiger partial charge in [0, 0.05) is 12.2 Å². The van der Waals surface area contributed by atoms with Gasteiger partial charge in [0.2, 0.25) is 0 Å². The van der Waals surface area contributed by atoms with E-state index in [9.17, 15) is 19.1 Å². The van der Waals surface area contributed by atoms with Gasteiger partial charge in [0.05, 0.1) is 17.9 Å². The molecule has 0 amide bonds. The maximum absolute atomic E-state index is 13.2. The Balaban J connectivity index is 1.25. The second-order valence-electron chi connectivity index (χ2n) is 9.11. The molecule has 4 aromatic carbocycles. The van der Waals surface area contributed by atoms with E-state index in [1.54, 1.807) is 60.7 Å². The molecule has 0 aliphatic rings. The van der Waals surface area contributed by atoms with Crippen molar-refractivity contribution >= 4 is 23.3 Å². The number of carboxylic acids is 1. The molecule has 0 aliphatic heterocycles. The minimum absolute atomic E-state index is 0.259. The van der Waals surface area contributed by atoms with Crippen molar-refractivity contribution in [3.05, 3.63) is 120 Å². The maximum Gasteiger partial charge on any atom is 0.343 e. The molecule has 0 saturated carbocycles. The summed E-state index contributed by atoms with van der Waals surface area (Å²) < 4.78 is 24.5. The largest absolute Gasteiger partial charge is 0.494 e. The van der Waals surface area contributed by atoms with Gasteiger partial charge in [-0.15, -0.1) is 0 Å². The monoisotopic (exact) mass is 542 g/mol. The van der Waals surface area contributed by atoms with Crippen LogP contribution >= 0.6 is 0 Å². The van der Waals surface area contributed by atoms with Crippen LogP contribution in [0.1, 0.15) is 28.8 Å². The Morgan fingerprint density at radius 3 is 2.38 bits per heavy atom. The van der Waals surface area contributed by atoms with E-state index in [0.717, 1.165) is 23.4 Å². The highest BCUT2D eigenvalue weighted by molar-refractivity contribution is 5.92. The summed E-state index contributed by atoms with van der Waals surface area (Å²) in [5.41, 5.74) is 2.53. The molecule has 1 atom stereocenters. The second kappa shape index (κ2) is 14.3. The smallest absolute Gasteiger partial charge is 0.343 e. The number of anilines is 2. The number of nitrogens with one attached hydrogen (secondary N) is 2. The first kappa shape index (κ1) is 28.2. The molecule has 0 aliphatic carbocycles. The van der Waals surface area contributed by atoms with Gasteiger partial charge in [0.15, 0.2) is 5.75 Å². The topological polar surface area (TPSA) is 96.9 Å². The number of hydrogen-bond acceptors (Lipinski definition) is 6. The number of halogens is 1. The second-order valence-corrected chi connectivity index (χ2v) is 9.11. The Hall–Kier alpha value is -4.85. The number of hydrogen-bond donors (Lipinski definition) is 3. The average molecular weight is 543 g/mol. The molecular formula is C32H31FN2O5. The molecule has 0 radical (unpaired) electrons. The van der Waals surface area contributed by atoms with Crippen LogP contribution in [0, 0.1) is 5.82 Å². The van der Waals surface area contributed by atoms with Gasteiger partial charge in [-0.05, 0) is 79.4 Å². The van der Waals surface area contributed by atoms with Crippen LogP contribution in [-0.2, 0) is 11.2 Å². The summed E-state index contributed by atoms with van der Waals surface area (Å²) >= 11 is 0. The number of aliphatic carboxylic acids is 1. The lowest BCUT2D eigenvalue weighted by Gasteiger charge is -2.18. The van der Waals surface area contributed by atoms with Gasteiger partial charge < -0.3 is 25.2 Å². The van der Waals surface area contributed by atoms with Crippen LogP contribution in [0.15, 0.2) is 103 Å². The van der Waals surface area contributed by atoms with Crippen molar-refractivity contribution in [2.75, 3.05) is 23.8 Å². The van der Waals surface area contributed by atoms with Gasteiger partial charge in [0.25, 0.3) is 0 Å². The van der Waals surface area contributed by atoms with Crippen LogP contribution in [0.4, 0.5) is 15.8 Å². The first-order valence-corrected chi connectivity index (χ1v) is 13.0. The quantitative estimate of drug-likeness (QED) is 0.0961. The molecule has 1 unspecified atom stereocenters. The van der Waals surface area contributed by atoms with Crippen LogP contribution in [0.5, 0.6) is 11.5 Å². The van der Waals surface area contributed by atoms with E-state index in [4.69, 9.17) is 9.47 Å². The van der Waals surface area contributed by atoms with E-state index < -0.39 is 18.0 Å². The number of para-hydroxylation sites is 2. The minimum atomic E-state index is -1.00. The molecule has 3 N–H and O–H groups in total. The molecule has 40 heavy (non-hydrogen) atoms. The predicted molar refractivity (Wildman–Crippen MR) is 153 cm³/mol. The molecule has 206 valence electrons. The Morgan fingerprint density at radius 1 is 0.875 bits per heavy atom. The van der Waals surface area contributed by atoms with Crippen molar-refractivity contribution in [3.8, 4) is 11.5 Å². The van der Waals surface area contributed by atoms with Crippen LogP contribution in [0.2, 0.25) is 0 Å². The van der Waals surface area contributed by atoms with E-state index in [0.29, 0.717) is 37.2 Å². The zero-order valence-corrected chi connectivity index (χ0v) is 21.9. The molecule has 8 heteroatoms. The minimum Gasteiger partial charge on any atom is -0.494 e. The van der Waals surface area contributed by atoms with E-state index >= 15 is 0 Å². The molecule has 0 bridgehead atoms. The summed E-state index contributed by atoms with van der Waals surface area (Å²) in [5.74, 6) is -0.823. The lowest BCUT2D eigenvalue weighted by molar-refractivity contribution is -0.138. The predicted octanol–water partition coefficient (Wildman–Crippen LogP) is 6.42. The highest BCUT2D eigenvalue weighted by atomic mass is 19.1. The Morgan fingerprint density at radius 2 is 1.62 bits per heavy atom. The fraction of sp³-hybridized carbons (Fsp3) is 0.188. The summed E-state index contributed by atoms with van der Waals surface area (Å²) in [6.07, 6.45) is 1.59. The summed E-state index contributed by atoms with van der Waals surface area (Å²) in [7, 11) is 0. The molecule has 7 nitrogen and oxygen atoms in total. The van der Waals surface area contributed by atoms with Crippen LogP contribution < -0.4 is 20.1 Å². The zero-order valence-electron chi connectivity index (χ0n) is 21.9. The molecule has 0 heterocycles. The SMILES string of the molecule is O=C(Oc1ccccc1NC(CCc1ccc(OCCCNc2cccc(F)c2)cc1)C(=O)O)c1ccccc1.